The zero-order chi connectivity index (χ0) is 20.1. The van der Waals surface area contributed by atoms with Crippen LogP contribution in [0.25, 0.3) is 11.4 Å². The van der Waals surface area contributed by atoms with E-state index in [0.717, 1.165) is 11.3 Å². The van der Waals surface area contributed by atoms with Crippen LogP contribution in [0, 0.1) is 4.77 Å². The number of rotatable bonds is 7. The van der Waals surface area contributed by atoms with Crippen molar-refractivity contribution in [2.24, 2.45) is 5.10 Å². The Morgan fingerprint density at radius 3 is 2.07 bits per heavy atom. The van der Waals surface area contributed by atoms with E-state index in [0.29, 0.717) is 33.4 Å². The molecular formula is C19H20N4O4S. The molecular weight excluding hydrogens is 380 g/mol. The third-order valence-corrected chi connectivity index (χ3v) is 4.32. The number of H-pyrrole nitrogens is 1. The van der Waals surface area contributed by atoms with E-state index >= 15 is 0 Å². The molecule has 0 atom stereocenters. The molecule has 146 valence electrons. The number of aromatic amines is 1. The van der Waals surface area contributed by atoms with Gasteiger partial charge in [0.2, 0.25) is 4.77 Å². The number of nitrogens with zero attached hydrogens (tertiary/aromatic N) is 3. The molecule has 2 aromatic carbocycles. The van der Waals surface area contributed by atoms with Gasteiger partial charge in [-0.2, -0.15) is 14.9 Å². The SMILES string of the molecule is COc1ccc(-c2n[nH]c(=S)n2/N=C/c2c(OC)cc(OC)cc2OC)cc1. The molecule has 28 heavy (non-hydrogen) atoms. The maximum Gasteiger partial charge on any atom is 0.216 e. The normalized spacial score (nSPS) is 10.9. The Balaban J connectivity index is 2.04. The highest BCUT2D eigenvalue weighted by molar-refractivity contribution is 7.71. The summed E-state index contributed by atoms with van der Waals surface area (Å²) in [4.78, 5) is 0. The van der Waals surface area contributed by atoms with E-state index in [1.54, 1.807) is 46.8 Å². The van der Waals surface area contributed by atoms with E-state index in [1.807, 2.05) is 24.3 Å². The van der Waals surface area contributed by atoms with E-state index in [9.17, 15) is 0 Å². The lowest BCUT2D eigenvalue weighted by Gasteiger charge is -2.12. The van der Waals surface area contributed by atoms with Crippen molar-refractivity contribution in [1.82, 2.24) is 14.9 Å². The molecule has 0 unspecified atom stereocenters. The van der Waals surface area contributed by atoms with E-state index in [1.165, 1.54) is 4.68 Å². The Hall–Kier alpha value is -3.33. The summed E-state index contributed by atoms with van der Waals surface area (Å²) in [6.45, 7) is 0. The predicted octanol–water partition coefficient (Wildman–Crippen LogP) is 3.52. The summed E-state index contributed by atoms with van der Waals surface area (Å²) in [6, 6.07) is 11.0. The smallest absolute Gasteiger partial charge is 0.216 e. The summed E-state index contributed by atoms with van der Waals surface area (Å²) in [6.07, 6.45) is 1.61. The molecule has 1 N–H and O–H groups in total. The van der Waals surface area contributed by atoms with Crippen molar-refractivity contribution in [3.8, 4) is 34.4 Å². The van der Waals surface area contributed by atoms with Gasteiger partial charge in [0.25, 0.3) is 0 Å². The fraction of sp³-hybridized carbons (Fsp3) is 0.211. The van der Waals surface area contributed by atoms with Crippen molar-refractivity contribution in [3.05, 3.63) is 46.7 Å². The molecule has 1 heterocycles. The summed E-state index contributed by atoms with van der Waals surface area (Å²) in [5.41, 5.74) is 1.48. The van der Waals surface area contributed by atoms with E-state index in [4.69, 9.17) is 31.2 Å². The maximum atomic E-state index is 5.45. The van der Waals surface area contributed by atoms with Crippen LogP contribution in [0.5, 0.6) is 23.0 Å². The van der Waals surface area contributed by atoms with Crippen molar-refractivity contribution in [3.63, 3.8) is 0 Å². The second kappa shape index (κ2) is 8.57. The van der Waals surface area contributed by atoms with Gasteiger partial charge in [-0.3, -0.25) is 0 Å². The highest BCUT2D eigenvalue weighted by Crippen LogP contribution is 2.32. The van der Waals surface area contributed by atoms with Gasteiger partial charge in [0.15, 0.2) is 5.82 Å². The molecule has 0 aliphatic heterocycles. The highest BCUT2D eigenvalue weighted by atomic mass is 32.1. The van der Waals surface area contributed by atoms with Crippen LogP contribution in [0.3, 0.4) is 0 Å². The lowest BCUT2D eigenvalue weighted by Crippen LogP contribution is -2.00. The number of ether oxygens (including phenoxy) is 4. The van der Waals surface area contributed by atoms with Gasteiger partial charge >= 0.3 is 0 Å². The number of methoxy groups -OCH3 is 4. The van der Waals surface area contributed by atoms with E-state index in [-0.39, 0.29) is 0 Å². The molecule has 0 spiro atoms. The molecule has 0 fully saturated rings. The fourth-order valence-corrected chi connectivity index (χ4v) is 2.78. The standard InChI is InChI=1S/C19H20N4O4S/c1-24-13-7-5-12(6-8-13)18-21-22-19(28)23(18)20-11-15-16(26-3)9-14(25-2)10-17(15)27-4/h5-11H,1-4H3,(H,22,28)/b20-11+. The minimum absolute atomic E-state index is 0.355. The first-order valence-electron chi connectivity index (χ1n) is 8.27. The Labute approximate surface area is 167 Å². The van der Waals surface area contributed by atoms with Crippen LogP contribution in [-0.4, -0.2) is 49.5 Å². The average molecular weight is 400 g/mol. The van der Waals surface area contributed by atoms with Crippen LogP contribution in [0.15, 0.2) is 41.5 Å². The number of hydrogen-bond donors (Lipinski definition) is 1. The number of benzene rings is 2. The summed E-state index contributed by atoms with van der Waals surface area (Å²) in [7, 11) is 6.33. The van der Waals surface area contributed by atoms with Crippen LogP contribution in [-0.2, 0) is 0 Å². The van der Waals surface area contributed by atoms with Crippen molar-refractivity contribution < 1.29 is 18.9 Å². The van der Waals surface area contributed by atoms with Gasteiger partial charge in [0, 0.05) is 17.7 Å². The second-order valence-corrected chi connectivity index (χ2v) is 5.97. The van der Waals surface area contributed by atoms with Crippen LogP contribution < -0.4 is 18.9 Å². The van der Waals surface area contributed by atoms with Crippen LogP contribution in [0.2, 0.25) is 0 Å². The first-order valence-corrected chi connectivity index (χ1v) is 8.68. The molecule has 0 aliphatic rings. The monoisotopic (exact) mass is 400 g/mol. The fourth-order valence-electron chi connectivity index (χ4n) is 2.60. The molecule has 0 bridgehead atoms. The van der Waals surface area contributed by atoms with Crippen molar-refractivity contribution in [1.29, 1.82) is 0 Å². The number of aromatic nitrogens is 3. The lowest BCUT2D eigenvalue weighted by atomic mass is 10.2. The summed E-state index contributed by atoms with van der Waals surface area (Å²) in [5.74, 6) is 3.04. The van der Waals surface area contributed by atoms with Crippen molar-refractivity contribution in [2.45, 2.75) is 0 Å². The summed E-state index contributed by atoms with van der Waals surface area (Å²) >= 11 is 5.32. The zero-order valence-electron chi connectivity index (χ0n) is 15.9. The van der Waals surface area contributed by atoms with E-state index < -0.39 is 0 Å². The molecule has 0 aliphatic carbocycles. The molecule has 3 rings (SSSR count). The van der Waals surface area contributed by atoms with Gasteiger partial charge in [-0.1, -0.05) is 0 Å². The predicted molar refractivity (Wildman–Crippen MR) is 108 cm³/mol. The first kappa shape index (κ1) is 19.4. The molecule has 0 saturated carbocycles. The molecule has 8 nitrogen and oxygen atoms in total. The molecule has 9 heteroatoms. The third kappa shape index (κ3) is 3.84. The number of nitrogens with one attached hydrogen (secondary N) is 1. The average Bonchev–Trinajstić information content (AvgIpc) is 3.11. The lowest BCUT2D eigenvalue weighted by molar-refractivity contribution is 0.374. The van der Waals surface area contributed by atoms with Gasteiger partial charge in [-0.25, -0.2) is 5.10 Å². The van der Waals surface area contributed by atoms with Crippen molar-refractivity contribution >= 4 is 18.4 Å². The second-order valence-electron chi connectivity index (χ2n) is 5.58. The van der Waals surface area contributed by atoms with Gasteiger partial charge in [-0.05, 0) is 36.5 Å². The summed E-state index contributed by atoms with van der Waals surface area (Å²) < 4.78 is 23.2. The van der Waals surface area contributed by atoms with Gasteiger partial charge in [0.05, 0.1) is 40.2 Å². The Kier molecular flexibility index (Phi) is 5.95. The van der Waals surface area contributed by atoms with Gasteiger partial charge in [0.1, 0.15) is 23.0 Å². The highest BCUT2D eigenvalue weighted by Gasteiger charge is 2.13. The van der Waals surface area contributed by atoms with Crippen LogP contribution in [0.1, 0.15) is 5.56 Å². The maximum absolute atomic E-state index is 5.45. The Morgan fingerprint density at radius 1 is 0.929 bits per heavy atom. The molecule has 0 radical (unpaired) electrons. The molecule has 0 saturated heterocycles. The molecule has 1 aromatic heterocycles. The van der Waals surface area contributed by atoms with Crippen LogP contribution in [0.4, 0.5) is 0 Å². The minimum atomic E-state index is 0.355. The largest absolute Gasteiger partial charge is 0.497 e. The molecule has 3 aromatic rings. The Bertz CT molecular complexity index is 1020. The Morgan fingerprint density at radius 2 is 1.54 bits per heavy atom. The number of hydrogen-bond acceptors (Lipinski definition) is 7. The van der Waals surface area contributed by atoms with Crippen molar-refractivity contribution in [2.75, 3.05) is 28.4 Å². The van der Waals surface area contributed by atoms with Gasteiger partial charge < -0.3 is 18.9 Å². The zero-order valence-corrected chi connectivity index (χ0v) is 16.7. The minimum Gasteiger partial charge on any atom is -0.497 e. The topological polar surface area (TPSA) is 82.9 Å². The third-order valence-electron chi connectivity index (χ3n) is 4.05. The summed E-state index contributed by atoms with van der Waals surface area (Å²) in [5, 5.41) is 11.5. The molecule has 0 amide bonds. The first-order chi connectivity index (χ1) is 13.6. The van der Waals surface area contributed by atoms with Gasteiger partial charge in [-0.15, -0.1) is 0 Å². The van der Waals surface area contributed by atoms with Crippen LogP contribution >= 0.6 is 12.2 Å². The van der Waals surface area contributed by atoms with E-state index in [2.05, 4.69) is 15.3 Å². The quantitative estimate of drug-likeness (QED) is 0.483.